The molecular weight excluding hydrogens is 270 g/mol. The number of hydrogen-bond acceptors (Lipinski definition) is 4. The summed E-state index contributed by atoms with van der Waals surface area (Å²) >= 11 is 0. The van der Waals surface area contributed by atoms with Crippen molar-refractivity contribution in [3.63, 3.8) is 0 Å². The summed E-state index contributed by atoms with van der Waals surface area (Å²) in [7, 11) is 1.72. The minimum absolute atomic E-state index is 0.0248. The van der Waals surface area contributed by atoms with E-state index in [2.05, 4.69) is 4.90 Å². The molecule has 0 aromatic carbocycles. The predicted octanol–water partition coefficient (Wildman–Crippen LogP) is 1.18. The fourth-order valence-electron chi connectivity index (χ4n) is 2.80. The smallest absolute Gasteiger partial charge is 0.303 e. The van der Waals surface area contributed by atoms with Crippen molar-refractivity contribution in [2.75, 3.05) is 33.2 Å². The molecule has 0 saturated carbocycles. The molecule has 0 aromatic heterocycles. The molecule has 0 aliphatic carbocycles. The number of carbonyl (C=O) groups is 2. The number of carboxylic acid groups (broad SMARTS) is 1. The van der Waals surface area contributed by atoms with Gasteiger partial charge in [0.2, 0.25) is 5.91 Å². The van der Waals surface area contributed by atoms with Gasteiger partial charge < -0.3 is 10.0 Å². The molecule has 0 radical (unpaired) electrons. The summed E-state index contributed by atoms with van der Waals surface area (Å²) in [5, 5.41) is 17.4. The second-order valence-electron chi connectivity index (χ2n) is 5.94. The highest BCUT2D eigenvalue weighted by Crippen LogP contribution is 2.26. The SMILES string of the molecule is CC(CC(=O)O)C1CCCN(CC(=O)N(C)CCC#N)C1. The monoisotopic (exact) mass is 295 g/mol. The molecule has 118 valence electrons. The number of nitrogens with zero attached hydrogens (tertiary/aromatic N) is 3. The number of rotatable bonds is 7. The number of piperidine rings is 1. The summed E-state index contributed by atoms with van der Waals surface area (Å²) in [6.07, 6.45) is 2.57. The molecule has 1 saturated heterocycles. The fraction of sp³-hybridized carbons (Fsp3) is 0.800. The van der Waals surface area contributed by atoms with E-state index in [1.807, 2.05) is 13.0 Å². The molecule has 1 amide bonds. The van der Waals surface area contributed by atoms with E-state index in [-0.39, 0.29) is 18.2 Å². The Labute approximate surface area is 126 Å². The Kier molecular flexibility index (Phi) is 7.17. The van der Waals surface area contributed by atoms with Crippen molar-refractivity contribution in [1.82, 2.24) is 9.80 Å². The van der Waals surface area contributed by atoms with Gasteiger partial charge in [0.05, 0.1) is 19.0 Å². The number of amides is 1. The van der Waals surface area contributed by atoms with Crippen LogP contribution in [0.2, 0.25) is 0 Å². The quantitative estimate of drug-likeness (QED) is 0.762. The first-order valence-electron chi connectivity index (χ1n) is 7.49. The first-order chi connectivity index (χ1) is 9.93. The van der Waals surface area contributed by atoms with Crippen LogP contribution in [0.15, 0.2) is 0 Å². The van der Waals surface area contributed by atoms with Crippen LogP contribution in [0.5, 0.6) is 0 Å². The zero-order valence-electron chi connectivity index (χ0n) is 12.9. The molecule has 1 rings (SSSR count). The molecule has 0 bridgehead atoms. The third-order valence-electron chi connectivity index (χ3n) is 4.19. The van der Waals surface area contributed by atoms with Crippen molar-refractivity contribution in [2.45, 2.75) is 32.6 Å². The molecular formula is C15H25N3O3. The van der Waals surface area contributed by atoms with Gasteiger partial charge in [0, 0.05) is 26.6 Å². The van der Waals surface area contributed by atoms with Crippen molar-refractivity contribution in [2.24, 2.45) is 11.8 Å². The van der Waals surface area contributed by atoms with E-state index in [0.29, 0.717) is 25.4 Å². The summed E-state index contributed by atoms with van der Waals surface area (Å²) < 4.78 is 0. The lowest BCUT2D eigenvalue weighted by molar-refractivity contribution is -0.139. The van der Waals surface area contributed by atoms with Crippen LogP contribution in [0.4, 0.5) is 0 Å². The van der Waals surface area contributed by atoms with E-state index in [1.54, 1.807) is 11.9 Å². The molecule has 1 aliphatic rings. The molecule has 0 aromatic rings. The van der Waals surface area contributed by atoms with Crippen molar-refractivity contribution < 1.29 is 14.7 Å². The van der Waals surface area contributed by atoms with Crippen LogP contribution in [-0.4, -0.2) is 60.0 Å². The lowest BCUT2D eigenvalue weighted by Crippen LogP contribution is -2.44. The molecule has 21 heavy (non-hydrogen) atoms. The van der Waals surface area contributed by atoms with Crippen LogP contribution >= 0.6 is 0 Å². The summed E-state index contributed by atoms with van der Waals surface area (Å²) in [4.78, 5) is 26.6. The Bertz CT molecular complexity index is 405. The van der Waals surface area contributed by atoms with Gasteiger partial charge in [-0.2, -0.15) is 5.26 Å². The van der Waals surface area contributed by atoms with Crippen LogP contribution in [0.3, 0.4) is 0 Å². The number of carboxylic acids is 1. The van der Waals surface area contributed by atoms with E-state index < -0.39 is 5.97 Å². The van der Waals surface area contributed by atoms with Crippen LogP contribution in [0, 0.1) is 23.2 Å². The van der Waals surface area contributed by atoms with Gasteiger partial charge in [-0.3, -0.25) is 14.5 Å². The largest absolute Gasteiger partial charge is 0.481 e. The Hall–Kier alpha value is -1.61. The maximum atomic E-state index is 12.1. The molecule has 1 heterocycles. The minimum atomic E-state index is -0.757. The molecule has 1 aliphatic heterocycles. The van der Waals surface area contributed by atoms with E-state index in [1.165, 1.54) is 0 Å². The van der Waals surface area contributed by atoms with E-state index in [4.69, 9.17) is 10.4 Å². The lowest BCUT2D eigenvalue weighted by atomic mass is 9.84. The van der Waals surface area contributed by atoms with Gasteiger partial charge in [-0.05, 0) is 31.2 Å². The average molecular weight is 295 g/mol. The Balaban J connectivity index is 2.44. The van der Waals surface area contributed by atoms with Crippen molar-refractivity contribution >= 4 is 11.9 Å². The van der Waals surface area contributed by atoms with Gasteiger partial charge >= 0.3 is 5.97 Å². The van der Waals surface area contributed by atoms with Crippen LogP contribution in [0.25, 0.3) is 0 Å². The summed E-state index contributed by atoms with van der Waals surface area (Å²) in [6, 6.07) is 2.03. The molecule has 0 spiro atoms. The number of likely N-dealkylation sites (tertiary alicyclic amines) is 1. The molecule has 1 fully saturated rings. The van der Waals surface area contributed by atoms with Crippen LogP contribution in [-0.2, 0) is 9.59 Å². The maximum Gasteiger partial charge on any atom is 0.303 e. The highest BCUT2D eigenvalue weighted by molar-refractivity contribution is 5.78. The number of likely N-dealkylation sites (N-methyl/N-ethyl adjacent to an activating group) is 1. The molecule has 6 nitrogen and oxygen atoms in total. The Morgan fingerprint density at radius 2 is 2.24 bits per heavy atom. The summed E-state index contributed by atoms with van der Waals surface area (Å²) in [5.41, 5.74) is 0. The average Bonchev–Trinajstić information content (AvgIpc) is 2.44. The van der Waals surface area contributed by atoms with E-state index in [9.17, 15) is 9.59 Å². The molecule has 2 atom stereocenters. The van der Waals surface area contributed by atoms with Gasteiger partial charge in [-0.15, -0.1) is 0 Å². The van der Waals surface area contributed by atoms with Crippen molar-refractivity contribution in [3.8, 4) is 6.07 Å². The standard InChI is InChI=1S/C15H25N3O3/c1-12(9-15(20)21)13-5-3-8-18(10-13)11-14(19)17(2)7-4-6-16/h12-13H,3-5,7-11H2,1-2H3,(H,20,21). The third kappa shape index (κ3) is 6.13. The third-order valence-corrected chi connectivity index (χ3v) is 4.19. The van der Waals surface area contributed by atoms with Crippen LogP contribution < -0.4 is 0 Å². The van der Waals surface area contributed by atoms with Gasteiger partial charge in [-0.1, -0.05) is 6.92 Å². The minimum Gasteiger partial charge on any atom is -0.481 e. The maximum absolute atomic E-state index is 12.1. The van der Waals surface area contributed by atoms with Crippen molar-refractivity contribution in [1.29, 1.82) is 5.26 Å². The zero-order valence-corrected chi connectivity index (χ0v) is 12.9. The lowest BCUT2D eigenvalue weighted by Gasteiger charge is -2.35. The van der Waals surface area contributed by atoms with Crippen LogP contribution in [0.1, 0.15) is 32.6 Å². The van der Waals surface area contributed by atoms with Gasteiger partial charge in [0.25, 0.3) is 0 Å². The van der Waals surface area contributed by atoms with Gasteiger partial charge in [0.1, 0.15) is 0 Å². The second kappa shape index (κ2) is 8.63. The number of aliphatic carboxylic acids is 1. The summed E-state index contributed by atoms with van der Waals surface area (Å²) in [5.74, 6) is -0.257. The van der Waals surface area contributed by atoms with E-state index >= 15 is 0 Å². The zero-order chi connectivity index (χ0) is 15.8. The number of carbonyl (C=O) groups excluding carboxylic acids is 1. The highest BCUT2D eigenvalue weighted by atomic mass is 16.4. The summed E-state index contributed by atoms with van der Waals surface area (Å²) in [6.45, 7) is 4.46. The first-order valence-corrected chi connectivity index (χ1v) is 7.49. The van der Waals surface area contributed by atoms with Crippen molar-refractivity contribution in [3.05, 3.63) is 0 Å². The molecule has 6 heteroatoms. The number of hydrogen-bond donors (Lipinski definition) is 1. The molecule has 2 unspecified atom stereocenters. The first kappa shape index (κ1) is 17.4. The normalized spacial score (nSPS) is 20.5. The Morgan fingerprint density at radius 3 is 2.86 bits per heavy atom. The van der Waals surface area contributed by atoms with Gasteiger partial charge in [-0.25, -0.2) is 0 Å². The topological polar surface area (TPSA) is 84.6 Å². The Morgan fingerprint density at radius 1 is 1.52 bits per heavy atom. The second-order valence-corrected chi connectivity index (χ2v) is 5.94. The predicted molar refractivity (Wildman–Crippen MR) is 78.4 cm³/mol. The van der Waals surface area contributed by atoms with E-state index in [0.717, 1.165) is 25.9 Å². The number of nitriles is 1. The molecule has 1 N–H and O–H groups in total. The highest BCUT2D eigenvalue weighted by Gasteiger charge is 2.27. The fourth-order valence-corrected chi connectivity index (χ4v) is 2.80. The van der Waals surface area contributed by atoms with Gasteiger partial charge in [0.15, 0.2) is 0 Å².